The van der Waals surface area contributed by atoms with Crippen LogP contribution in [0.5, 0.6) is 0 Å². The van der Waals surface area contributed by atoms with Crippen molar-refractivity contribution >= 4 is 11.6 Å². The van der Waals surface area contributed by atoms with E-state index < -0.39 is 11.9 Å². The van der Waals surface area contributed by atoms with Crippen LogP contribution in [0.2, 0.25) is 0 Å². The predicted octanol–water partition coefficient (Wildman–Crippen LogP) is 2.44. The van der Waals surface area contributed by atoms with E-state index in [1.165, 1.54) is 6.07 Å². The molecule has 4 rings (SSSR count). The number of hydrogen-bond acceptors (Lipinski definition) is 5. The minimum atomic E-state index is -0.642. The second-order valence-electron chi connectivity index (χ2n) is 7.26. The van der Waals surface area contributed by atoms with Gasteiger partial charge in [0, 0.05) is 37.3 Å². The van der Waals surface area contributed by atoms with E-state index in [9.17, 15) is 9.18 Å². The Morgan fingerprint density at radius 1 is 1.24 bits per heavy atom. The molecule has 0 fully saturated rings. The molecule has 0 aliphatic carbocycles. The number of nitrogens with zero attached hydrogens (tertiary/aromatic N) is 5. The van der Waals surface area contributed by atoms with Gasteiger partial charge in [0.15, 0.2) is 5.82 Å². The van der Waals surface area contributed by atoms with Crippen molar-refractivity contribution in [2.75, 3.05) is 12.4 Å². The molecule has 0 bridgehead atoms. The van der Waals surface area contributed by atoms with Crippen molar-refractivity contribution in [2.24, 2.45) is 7.05 Å². The number of anilines is 1. The Labute approximate surface area is 168 Å². The maximum Gasteiger partial charge on any atom is 0.246 e. The molecule has 8 nitrogen and oxygen atoms in total. The SMILES string of the molecule is CNC(C(=O)Nc1cc(-c2nnc3n2CCCCC3)ccc1F)c1cnn(C)c1. The molecule has 1 aliphatic heterocycles. The molecule has 152 valence electrons. The zero-order chi connectivity index (χ0) is 20.4. The fraction of sp³-hybridized carbons (Fsp3) is 0.400. The molecule has 1 unspecified atom stereocenters. The van der Waals surface area contributed by atoms with Gasteiger partial charge in [-0.15, -0.1) is 10.2 Å². The molecule has 29 heavy (non-hydrogen) atoms. The van der Waals surface area contributed by atoms with Crippen molar-refractivity contribution in [3.05, 3.63) is 47.8 Å². The molecule has 0 spiro atoms. The van der Waals surface area contributed by atoms with Gasteiger partial charge in [-0.2, -0.15) is 5.10 Å². The molecule has 9 heteroatoms. The number of aryl methyl sites for hydroxylation is 2. The molecule has 2 N–H and O–H groups in total. The minimum Gasteiger partial charge on any atom is -0.322 e. The fourth-order valence-corrected chi connectivity index (χ4v) is 3.70. The highest BCUT2D eigenvalue weighted by atomic mass is 19.1. The Balaban J connectivity index is 1.61. The molecule has 1 amide bonds. The van der Waals surface area contributed by atoms with Crippen LogP contribution in [-0.2, 0) is 24.8 Å². The van der Waals surface area contributed by atoms with Gasteiger partial charge in [0.2, 0.25) is 5.91 Å². The summed E-state index contributed by atoms with van der Waals surface area (Å²) in [5, 5.41) is 18.4. The van der Waals surface area contributed by atoms with Gasteiger partial charge in [-0.25, -0.2) is 4.39 Å². The Bertz CT molecular complexity index is 1030. The highest BCUT2D eigenvalue weighted by Gasteiger charge is 2.22. The van der Waals surface area contributed by atoms with Crippen molar-refractivity contribution in [2.45, 2.75) is 38.3 Å². The molecular weight excluding hydrogens is 373 g/mol. The number of likely N-dealkylation sites (N-methyl/N-ethyl adjacent to an activating group) is 1. The summed E-state index contributed by atoms with van der Waals surface area (Å²) in [6.07, 6.45) is 7.58. The molecular formula is C20H24FN7O. The zero-order valence-corrected chi connectivity index (χ0v) is 16.5. The number of fused-ring (bicyclic) bond motifs is 1. The molecule has 3 aromatic rings. The Morgan fingerprint density at radius 2 is 2.10 bits per heavy atom. The van der Waals surface area contributed by atoms with E-state index in [1.807, 2.05) is 0 Å². The first-order valence-corrected chi connectivity index (χ1v) is 9.75. The van der Waals surface area contributed by atoms with Gasteiger partial charge in [-0.1, -0.05) is 6.42 Å². The lowest BCUT2D eigenvalue weighted by atomic mass is 10.1. The van der Waals surface area contributed by atoms with Gasteiger partial charge in [-0.3, -0.25) is 9.48 Å². The third kappa shape index (κ3) is 3.91. The molecule has 1 aliphatic rings. The van der Waals surface area contributed by atoms with Gasteiger partial charge in [0.1, 0.15) is 17.7 Å². The van der Waals surface area contributed by atoms with Crippen molar-refractivity contribution < 1.29 is 9.18 Å². The minimum absolute atomic E-state index is 0.114. The maximum atomic E-state index is 14.5. The van der Waals surface area contributed by atoms with E-state index in [1.54, 1.807) is 43.3 Å². The third-order valence-corrected chi connectivity index (χ3v) is 5.20. The number of rotatable bonds is 5. The summed E-state index contributed by atoms with van der Waals surface area (Å²) >= 11 is 0. The standard InChI is InChI=1S/C20H24FN7O/c1-22-18(14-11-23-27(2)12-14)20(29)24-16-10-13(7-8-15(16)21)19-26-25-17-6-4-3-5-9-28(17)19/h7-8,10-12,18,22H,3-6,9H2,1-2H3,(H,24,29). The Hall–Kier alpha value is -3.07. The Morgan fingerprint density at radius 3 is 2.86 bits per heavy atom. The van der Waals surface area contributed by atoms with Crippen LogP contribution < -0.4 is 10.6 Å². The van der Waals surface area contributed by atoms with Crippen molar-refractivity contribution in [1.29, 1.82) is 0 Å². The number of aromatic nitrogens is 5. The number of halogens is 1. The summed E-state index contributed by atoms with van der Waals surface area (Å²) in [6, 6.07) is 3.99. The molecule has 1 atom stereocenters. The van der Waals surface area contributed by atoms with E-state index >= 15 is 0 Å². The number of nitrogens with one attached hydrogen (secondary N) is 2. The summed E-state index contributed by atoms with van der Waals surface area (Å²) in [5.74, 6) is 0.796. The Kier molecular flexibility index (Phi) is 5.39. The zero-order valence-electron chi connectivity index (χ0n) is 16.5. The fourth-order valence-electron chi connectivity index (χ4n) is 3.70. The summed E-state index contributed by atoms with van der Waals surface area (Å²) in [6.45, 7) is 0.847. The van der Waals surface area contributed by atoms with Crippen LogP contribution >= 0.6 is 0 Å². The van der Waals surface area contributed by atoms with Crippen LogP contribution in [-0.4, -0.2) is 37.5 Å². The van der Waals surface area contributed by atoms with Crippen molar-refractivity contribution in [3.8, 4) is 11.4 Å². The average molecular weight is 397 g/mol. The quantitative estimate of drug-likeness (QED) is 0.690. The first-order chi connectivity index (χ1) is 14.1. The van der Waals surface area contributed by atoms with Crippen molar-refractivity contribution in [3.63, 3.8) is 0 Å². The van der Waals surface area contributed by atoms with Gasteiger partial charge >= 0.3 is 0 Å². The summed E-state index contributed by atoms with van der Waals surface area (Å²) in [7, 11) is 3.45. The lowest BCUT2D eigenvalue weighted by molar-refractivity contribution is -0.118. The third-order valence-electron chi connectivity index (χ3n) is 5.20. The van der Waals surface area contributed by atoms with Crippen molar-refractivity contribution in [1.82, 2.24) is 29.9 Å². The van der Waals surface area contributed by atoms with Crippen LogP contribution in [0.1, 0.15) is 36.7 Å². The van der Waals surface area contributed by atoms with Gasteiger partial charge < -0.3 is 15.2 Å². The van der Waals surface area contributed by atoms with Crippen LogP contribution in [0.25, 0.3) is 11.4 Å². The van der Waals surface area contributed by atoms with Crippen LogP contribution in [0.3, 0.4) is 0 Å². The summed E-state index contributed by atoms with van der Waals surface area (Å²) < 4.78 is 18.2. The summed E-state index contributed by atoms with van der Waals surface area (Å²) in [5.41, 5.74) is 1.54. The highest BCUT2D eigenvalue weighted by molar-refractivity contribution is 5.96. The lowest BCUT2D eigenvalue weighted by Gasteiger charge is -2.16. The van der Waals surface area contributed by atoms with Crippen LogP contribution in [0, 0.1) is 5.82 Å². The van der Waals surface area contributed by atoms with E-state index in [-0.39, 0.29) is 11.6 Å². The van der Waals surface area contributed by atoms with Crippen LogP contribution in [0.15, 0.2) is 30.6 Å². The number of benzene rings is 1. The summed E-state index contributed by atoms with van der Waals surface area (Å²) in [4.78, 5) is 12.8. The molecule has 1 aromatic carbocycles. The molecule has 0 saturated carbocycles. The number of carbonyl (C=O) groups excluding carboxylic acids is 1. The predicted molar refractivity (Wildman–Crippen MR) is 107 cm³/mol. The van der Waals surface area contributed by atoms with E-state index in [2.05, 4.69) is 30.5 Å². The van der Waals surface area contributed by atoms with Gasteiger partial charge in [0.05, 0.1) is 11.9 Å². The number of carbonyl (C=O) groups is 1. The molecule has 2 aromatic heterocycles. The maximum absolute atomic E-state index is 14.5. The first-order valence-electron chi connectivity index (χ1n) is 9.75. The van der Waals surface area contributed by atoms with E-state index in [0.29, 0.717) is 11.4 Å². The van der Waals surface area contributed by atoms with E-state index in [0.717, 1.165) is 43.6 Å². The smallest absolute Gasteiger partial charge is 0.246 e. The molecule has 3 heterocycles. The second kappa shape index (κ2) is 8.12. The molecule has 0 radical (unpaired) electrons. The monoisotopic (exact) mass is 397 g/mol. The van der Waals surface area contributed by atoms with Gasteiger partial charge in [-0.05, 0) is 38.1 Å². The first kappa shape index (κ1) is 19.3. The average Bonchev–Trinajstić information content (AvgIpc) is 3.23. The highest BCUT2D eigenvalue weighted by Crippen LogP contribution is 2.27. The number of hydrogen-bond donors (Lipinski definition) is 2. The van der Waals surface area contributed by atoms with E-state index in [4.69, 9.17) is 0 Å². The van der Waals surface area contributed by atoms with Gasteiger partial charge in [0.25, 0.3) is 0 Å². The van der Waals surface area contributed by atoms with Crippen LogP contribution in [0.4, 0.5) is 10.1 Å². The number of amides is 1. The molecule has 0 saturated heterocycles. The lowest BCUT2D eigenvalue weighted by Crippen LogP contribution is -2.30. The normalized spacial score (nSPS) is 14.9. The second-order valence-corrected chi connectivity index (χ2v) is 7.26. The largest absolute Gasteiger partial charge is 0.322 e. The topological polar surface area (TPSA) is 89.7 Å².